The Bertz CT molecular complexity index is 897. The van der Waals surface area contributed by atoms with Crippen LogP contribution in [0, 0.1) is 0 Å². The van der Waals surface area contributed by atoms with Crippen molar-refractivity contribution in [1.29, 1.82) is 0 Å². The summed E-state index contributed by atoms with van der Waals surface area (Å²) in [6, 6.07) is 12.5. The van der Waals surface area contributed by atoms with Crippen molar-refractivity contribution in [2.45, 2.75) is 13.0 Å². The molecule has 166 valence electrons. The number of benzene rings is 2. The first-order valence-corrected chi connectivity index (χ1v) is 10.3. The number of methoxy groups -OCH3 is 2. The van der Waals surface area contributed by atoms with Crippen molar-refractivity contribution in [3.8, 4) is 11.5 Å². The minimum atomic E-state index is -0.268. The fourth-order valence-electron chi connectivity index (χ4n) is 3.34. The highest BCUT2D eigenvalue weighted by Gasteiger charge is 2.14. The average Bonchev–Trinajstić information content (AvgIpc) is 2.81. The molecule has 0 bridgehead atoms. The molecule has 1 fully saturated rings. The van der Waals surface area contributed by atoms with Gasteiger partial charge in [-0.1, -0.05) is 12.1 Å². The standard InChI is InChI=1S/C23H29N3O5/c1-29-19-6-7-21(30-2)20(15-19)23(28)24-16-17-4-3-5-18(14-17)25-22(27)8-9-26-10-12-31-13-11-26/h3-7,14-15H,8-13,16H2,1-2H3,(H,24,28)(H,25,27). The second kappa shape index (κ2) is 11.3. The van der Waals surface area contributed by atoms with Crippen LogP contribution in [0.25, 0.3) is 0 Å². The van der Waals surface area contributed by atoms with E-state index < -0.39 is 0 Å². The zero-order valence-electron chi connectivity index (χ0n) is 18.0. The monoisotopic (exact) mass is 427 g/mol. The third-order valence-electron chi connectivity index (χ3n) is 5.07. The number of amides is 2. The Morgan fingerprint density at radius 2 is 1.87 bits per heavy atom. The van der Waals surface area contributed by atoms with Gasteiger partial charge in [-0.3, -0.25) is 14.5 Å². The van der Waals surface area contributed by atoms with Gasteiger partial charge >= 0.3 is 0 Å². The Hall–Kier alpha value is -3.10. The van der Waals surface area contributed by atoms with Crippen LogP contribution in [0.5, 0.6) is 11.5 Å². The second-order valence-electron chi connectivity index (χ2n) is 7.20. The summed E-state index contributed by atoms with van der Waals surface area (Å²) in [5, 5.41) is 5.81. The quantitative estimate of drug-likeness (QED) is 0.638. The van der Waals surface area contributed by atoms with Crippen molar-refractivity contribution < 1.29 is 23.8 Å². The summed E-state index contributed by atoms with van der Waals surface area (Å²) in [6.45, 7) is 4.19. The smallest absolute Gasteiger partial charge is 0.255 e. The molecule has 8 nitrogen and oxygen atoms in total. The molecule has 0 spiro atoms. The normalized spacial score (nSPS) is 14.0. The lowest BCUT2D eigenvalue weighted by atomic mass is 10.1. The van der Waals surface area contributed by atoms with Gasteiger partial charge in [0.2, 0.25) is 5.91 Å². The molecule has 2 aromatic carbocycles. The first-order valence-electron chi connectivity index (χ1n) is 10.3. The molecule has 2 aromatic rings. The molecule has 0 radical (unpaired) electrons. The molecule has 2 amide bonds. The number of hydrogen-bond donors (Lipinski definition) is 2. The van der Waals surface area contributed by atoms with Crippen LogP contribution in [-0.4, -0.2) is 63.8 Å². The minimum Gasteiger partial charge on any atom is -0.497 e. The fourth-order valence-corrected chi connectivity index (χ4v) is 3.34. The molecule has 8 heteroatoms. The number of ether oxygens (including phenoxy) is 3. The maximum absolute atomic E-state index is 12.6. The summed E-state index contributed by atoms with van der Waals surface area (Å²) in [7, 11) is 3.06. The number of carbonyl (C=O) groups excluding carboxylic acids is 2. The molecule has 31 heavy (non-hydrogen) atoms. The number of nitrogens with zero attached hydrogens (tertiary/aromatic N) is 1. The number of nitrogens with one attached hydrogen (secondary N) is 2. The Kier molecular flexibility index (Phi) is 8.26. The summed E-state index contributed by atoms with van der Waals surface area (Å²) in [5.41, 5.74) is 1.98. The van der Waals surface area contributed by atoms with E-state index in [0.29, 0.717) is 42.3 Å². The van der Waals surface area contributed by atoms with Gasteiger partial charge in [-0.15, -0.1) is 0 Å². The molecule has 2 N–H and O–H groups in total. The SMILES string of the molecule is COc1ccc(OC)c(C(=O)NCc2cccc(NC(=O)CCN3CCOCC3)c2)c1. The fraction of sp³-hybridized carbons (Fsp3) is 0.391. The van der Waals surface area contributed by atoms with Crippen LogP contribution < -0.4 is 20.1 Å². The van der Waals surface area contributed by atoms with Gasteiger partial charge in [0.05, 0.1) is 33.0 Å². The van der Waals surface area contributed by atoms with Crippen molar-refractivity contribution in [1.82, 2.24) is 10.2 Å². The Morgan fingerprint density at radius 3 is 2.61 bits per heavy atom. The van der Waals surface area contributed by atoms with E-state index in [9.17, 15) is 9.59 Å². The van der Waals surface area contributed by atoms with Crippen molar-refractivity contribution in [2.75, 3.05) is 52.4 Å². The number of anilines is 1. The summed E-state index contributed by atoms with van der Waals surface area (Å²) in [4.78, 5) is 27.1. The van der Waals surface area contributed by atoms with E-state index in [4.69, 9.17) is 14.2 Å². The van der Waals surface area contributed by atoms with Crippen LogP contribution in [0.1, 0.15) is 22.3 Å². The number of morpholine rings is 1. The molecular formula is C23H29N3O5. The first kappa shape index (κ1) is 22.6. The van der Waals surface area contributed by atoms with Gasteiger partial charge in [-0.05, 0) is 35.9 Å². The van der Waals surface area contributed by atoms with Gasteiger partial charge in [0.15, 0.2) is 0 Å². The van der Waals surface area contributed by atoms with Crippen LogP contribution in [-0.2, 0) is 16.1 Å². The molecule has 1 heterocycles. The average molecular weight is 428 g/mol. The summed E-state index contributed by atoms with van der Waals surface area (Å²) >= 11 is 0. The van der Waals surface area contributed by atoms with Crippen LogP contribution in [0.3, 0.4) is 0 Å². The highest BCUT2D eigenvalue weighted by atomic mass is 16.5. The van der Waals surface area contributed by atoms with E-state index in [2.05, 4.69) is 15.5 Å². The zero-order chi connectivity index (χ0) is 22.1. The minimum absolute atomic E-state index is 0.0335. The number of rotatable bonds is 9. The van der Waals surface area contributed by atoms with Crippen LogP contribution in [0.2, 0.25) is 0 Å². The zero-order valence-corrected chi connectivity index (χ0v) is 18.0. The molecule has 0 aliphatic carbocycles. The molecule has 1 aliphatic rings. The van der Waals surface area contributed by atoms with Crippen LogP contribution in [0.4, 0.5) is 5.69 Å². The highest BCUT2D eigenvalue weighted by Crippen LogP contribution is 2.24. The van der Waals surface area contributed by atoms with Gasteiger partial charge in [0.25, 0.3) is 5.91 Å². The molecule has 0 aromatic heterocycles. The van der Waals surface area contributed by atoms with Crippen molar-refractivity contribution in [3.63, 3.8) is 0 Å². The van der Waals surface area contributed by atoms with E-state index in [0.717, 1.165) is 31.9 Å². The predicted octanol–water partition coefficient (Wildman–Crippen LogP) is 2.29. The number of hydrogen-bond acceptors (Lipinski definition) is 6. The first-order chi connectivity index (χ1) is 15.1. The van der Waals surface area contributed by atoms with Crippen LogP contribution >= 0.6 is 0 Å². The van der Waals surface area contributed by atoms with Crippen molar-refractivity contribution in [3.05, 3.63) is 53.6 Å². The summed E-state index contributed by atoms with van der Waals surface area (Å²) in [6.07, 6.45) is 0.427. The van der Waals surface area contributed by atoms with E-state index in [1.807, 2.05) is 24.3 Å². The van der Waals surface area contributed by atoms with Crippen LogP contribution in [0.15, 0.2) is 42.5 Å². The third kappa shape index (κ3) is 6.70. The molecule has 0 unspecified atom stereocenters. The largest absolute Gasteiger partial charge is 0.497 e. The summed E-state index contributed by atoms with van der Waals surface area (Å²) < 4.78 is 15.8. The maximum Gasteiger partial charge on any atom is 0.255 e. The summed E-state index contributed by atoms with van der Waals surface area (Å²) in [5.74, 6) is 0.747. The molecule has 3 rings (SSSR count). The van der Waals surface area contributed by atoms with E-state index >= 15 is 0 Å². The molecule has 0 atom stereocenters. The van der Waals surface area contributed by atoms with Crippen molar-refractivity contribution >= 4 is 17.5 Å². The molecule has 0 saturated carbocycles. The molecule has 1 aliphatic heterocycles. The molecule has 1 saturated heterocycles. The lowest BCUT2D eigenvalue weighted by Gasteiger charge is -2.26. The van der Waals surface area contributed by atoms with Gasteiger partial charge in [-0.2, -0.15) is 0 Å². The van der Waals surface area contributed by atoms with Crippen molar-refractivity contribution in [2.24, 2.45) is 0 Å². The van der Waals surface area contributed by atoms with Gasteiger partial charge in [-0.25, -0.2) is 0 Å². The second-order valence-corrected chi connectivity index (χ2v) is 7.20. The molecular weight excluding hydrogens is 398 g/mol. The third-order valence-corrected chi connectivity index (χ3v) is 5.07. The lowest BCUT2D eigenvalue weighted by molar-refractivity contribution is -0.116. The van der Waals surface area contributed by atoms with Gasteiger partial charge < -0.3 is 24.8 Å². The Balaban J connectivity index is 1.53. The Morgan fingerprint density at radius 1 is 1.06 bits per heavy atom. The number of carbonyl (C=O) groups is 2. The van der Waals surface area contributed by atoms with E-state index in [1.165, 1.54) is 7.11 Å². The highest BCUT2D eigenvalue weighted by molar-refractivity contribution is 5.97. The van der Waals surface area contributed by atoms with E-state index in [1.54, 1.807) is 25.3 Å². The topological polar surface area (TPSA) is 89.1 Å². The maximum atomic E-state index is 12.6. The van der Waals surface area contributed by atoms with Gasteiger partial charge in [0.1, 0.15) is 11.5 Å². The van der Waals surface area contributed by atoms with Gasteiger partial charge in [0, 0.05) is 38.3 Å². The lowest BCUT2D eigenvalue weighted by Crippen LogP contribution is -2.38. The predicted molar refractivity (Wildman–Crippen MR) is 118 cm³/mol. The Labute approximate surface area is 182 Å². The van der Waals surface area contributed by atoms with E-state index in [-0.39, 0.29) is 11.8 Å².